The molecule has 212 valence electrons. The number of barbiturate groups is 1. The Bertz CT molecular complexity index is 1690. The van der Waals surface area contributed by atoms with Gasteiger partial charge < -0.3 is 14.2 Å². The number of anilines is 1. The molecular weight excluding hydrogens is 579 g/mol. The van der Waals surface area contributed by atoms with E-state index in [1.165, 1.54) is 13.2 Å². The standard InChI is InChI=1S/C32H24Cl2N2O6/c1-40-26-12-9-21(29(17-26)42-18-20-5-4-7-23(33)15-20)16-27-30(37)35-32(39)36(31(27)38)24-10-13-25(14-11-24)41-19-22-6-2-3-8-28(22)34/h2-17H,18-19H2,1H3,(H,35,37,39)/b27-16+. The van der Waals surface area contributed by atoms with Gasteiger partial charge in [-0.1, -0.05) is 53.5 Å². The van der Waals surface area contributed by atoms with Gasteiger partial charge in [0.25, 0.3) is 11.8 Å². The van der Waals surface area contributed by atoms with Gasteiger partial charge in [-0.25, -0.2) is 9.69 Å². The minimum atomic E-state index is -0.862. The summed E-state index contributed by atoms with van der Waals surface area (Å²) >= 11 is 12.3. The van der Waals surface area contributed by atoms with E-state index in [-0.39, 0.29) is 24.5 Å². The van der Waals surface area contributed by atoms with Crippen molar-refractivity contribution in [3.8, 4) is 17.2 Å². The van der Waals surface area contributed by atoms with Gasteiger partial charge in [0.2, 0.25) is 0 Å². The summed E-state index contributed by atoms with van der Waals surface area (Å²) < 4.78 is 17.1. The van der Waals surface area contributed by atoms with Gasteiger partial charge in [-0.3, -0.25) is 14.9 Å². The Morgan fingerprint density at radius 2 is 1.57 bits per heavy atom. The number of hydrogen-bond acceptors (Lipinski definition) is 6. The van der Waals surface area contributed by atoms with Crippen molar-refractivity contribution in [1.29, 1.82) is 0 Å². The van der Waals surface area contributed by atoms with Crippen LogP contribution in [0.4, 0.5) is 10.5 Å². The third-order valence-corrected chi connectivity index (χ3v) is 6.96. The Morgan fingerprint density at radius 1 is 0.810 bits per heavy atom. The number of benzene rings is 4. The number of carbonyl (C=O) groups excluding carboxylic acids is 3. The second-order valence-corrected chi connectivity index (χ2v) is 10.00. The molecule has 0 radical (unpaired) electrons. The van der Waals surface area contributed by atoms with Crippen LogP contribution >= 0.6 is 23.2 Å². The molecule has 4 aromatic carbocycles. The predicted octanol–water partition coefficient (Wildman–Crippen LogP) is 6.83. The predicted molar refractivity (Wildman–Crippen MR) is 160 cm³/mol. The summed E-state index contributed by atoms with van der Waals surface area (Å²) in [6, 6.07) is 25.0. The molecule has 1 saturated heterocycles. The lowest BCUT2D eigenvalue weighted by molar-refractivity contribution is -0.122. The number of ether oxygens (including phenoxy) is 3. The molecule has 0 atom stereocenters. The lowest BCUT2D eigenvalue weighted by Crippen LogP contribution is -2.54. The van der Waals surface area contributed by atoms with E-state index in [1.807, 2.05) is 30.3 Å². The lowest BCUT2D eigenvalue weighted by Gasteiger charge is -2.26. The van der Waals surface area contributed by atoms with E-state index in [2.05, 4.69) is 5.32 Å². The van der Waals surface area contributed by atoms with Crippen molar-refractivity contribution < 1.29 is 28.6 Å². The van der Waals surface area contributed by atoms with E-state index < -0.39 is 17.8 Å². The number of urea groups is 1. The molecule has 8 nitrogen and oxygen atoms in total. The summed E-state index contributed by atoms with van der Waals surface area (Å²) in [5.74, 6) is -0.213. The molecule has 1 fully saturated rings. The monoisotopic (exact) mass is 602 g/mol. The molecule has 5 rings (SSSR count). The van der Waals surface area contributed by atoms with Crippen molar-refractivity contribution in [3.05, 3.63) is 123 Å². The number of nitrogens with one attached hydrogen (secondary N) is 1. The third kappa shape index (κ3) is 6.57. The number of methoxy groups -OCH3 is 1. The van der Waals surface area contributed by atoms with Crippen molar-refractivity contribution in [3.63, 3.8) is 0 Å². The number of imide groups is 2. The normalized spacial score (nSPS) is 14.1. The number of amides is 4. The van der Waals surface area contributed by atoms with Crippen LogP contribution in [-0.4, -0.2) is 25.0 Å². The fourth-order valence-corrected chi connectivity index (χ4v) is 4.59. The summed E-state index contributed by atoms with van der Waals surface area (Å²) in [5, 5.41) is 3.39. The minimum Gasteiger partial charge on any atom is -0.497 e. The summed E-state index contributed by atoms with van der Waals surface area (Å²) in [4.78, 5) is 39.9. The molecule has 4 amide bonds. The lowest BCUT2D eigenvalue weighted by atomic mass is 10.1. The molecule has 0 saturated carbocycles. The first-order valence-electron chi connectivity index (χ1n) is 12.8. The molecule has 1 aliphatic heterocycles. The van der Waals surface area contributed by atoms with Crippen LogP contribution in [0.25, 0.3) is 6.08 Å². The maximum absolute atomic E-state index is 13.5. The Hall–Kier alpha value is -4.79. The van der Waals surface area contributed by atoms with Crippen LogP contribution < -0.4 is 24.4 Å². The van der Waals surface area contributed by atoms with Crippen LogP contribution in [-0.2, 0) is 22.8 Å². The molecule has 0 spiro atoms. The number of nitrogens with zero attached hydrogens (tertiary/aromatic N) is 1. The molecule has 0 unspecified atom stereocenters. The summed E-state index contributed by atoms with van der Waals surface area (Å²) in [6.07, 6.45) is 1.38. The van der Waals surface area contributed by atoms with Gasteiger partial charge in [0, 0.05) is 27.2 Å². The van der Waals surface area contributed by atoms with Gasteiger partial charge in [0.15, 0.2) is 0 Å². The van der Waals surface area contributed by atoms with Gasteiger partial charge in [-0.05, 0) is 66.2 Å². The molecule has 1 heterocycles. The Labute approximate surface area is 252 Å². The van der Waals surface area contributed by atoms with E-state index in [0.29, 0.717) is 32.9 Å². The number of hydrogen-bond donors (Lipinski definition) is 1. The van der Waals surface area contributed by atoms with E-state index in [4.69, 9.17) is 37.4 Å². The van der Waals surface area contributed by atoms with Crippen LogP contribution in [0.5, 0.6) is 17.2 Å². The number of halogens is 2. The highest BCUT2D eigenvalue weighted by atomic mass is 35.5. The van der Waals surface area contributed by atoms with Crippen LogP contribution in [0, 0.1) is 0 Å². The third-order valence-electron chi connectivity index (χ3n) is 6.35. The maximum atomic E-state index is 13.5. The molecule has 0 aromatic heterocycles. The van der Waals surface area contributed by atoms with Gasteiger partial charge in [0.05, 0.1) is 12.8 Å². The molecular formula is C32H24Cl2N2O6. The second kappa shape index (κ2) is 12.8. The zero-order valence-electron chi connectivity index (χ0n) is 22.3. The highest BCUT2D eigenvalue weighted by Gasteiger charge is 2.37. The van der Waals surface area contributed by atoms with E-state index in [9.17, 15) is 14.4 Å². The van der Waals surface area contributed by atoms with Gasteiger partial charge in [-0.15, -0.1) is 0 Å². The van der Waals surface area contributed by atoms with E-state index in [1.54, 1.807) is 60.7 Å². The Morgan fingerprint density at radius 3 is 2.31 bits per heavy atom. The smallest absolute Gasteiger partial charge is 0.335 e. The maximum Gasteiger partial charge on any atom is 0.335 e. The van der Waals surface area contributed by atoms with Gasteiger partial charge in [0.1, 0.15) is 36.0 Å². The second-order valence-electron chi connectivity index (χ2n) is 9.15. The molecule has 0 bridgehead atoms. The van der Waals surface area contributed by atoms with Crippen LogP contribution in [0.1, 0.15) is 16.7 Å². The van der Waals surface area contributed by atoms with Crippen LogP contribution in [0.2, 0.25) is 10.0 Å². The van der Waals surface area contributed by atoms with Crippen molar-refractivity contribution in [2.45, 2.75) is 13.2 Å². The average molecular weight is 603 g/mol. The minimum absolute atomic E-state index is 0.180. The van der Waals surface area contributed by atoms with Gasteiger partial charge >= 0.3 is 6.03 Å². The van der Waals surface area contributed by atoms with Crippen LogP contribution in [0.15, 0.2) is 96.6 Å². The van der Waals surface area contributed by atoms with Crippen molar-refractivity contribution in [1.82, 2.24) is 5.32 Å². The van der Waals surface area contributed by atoms with Gasteiger partial charge in [-0.2, -0.15) is 0 Å². The zero-order valence-corrected chi connectivity index (χ0v) is 23.8. The number of carbonyl (C=O) groups is 3. The molecule has 10 heteroatoms. The number of rotatable bonds is 9. The first-order chi connectivity index (χ1) is 20.3. The summed E-state index contributed by atoms with van der Waals surface area (Å²) in [7, 11) is 1.52. The molecule has 1 N–H and O–H groups in total. The summed E-state index contributed by atoms with van der Waals surface area (Å²) in [6.45, 7) is 0.423. The fraction of sp³-hybridized carbons (Fsp3) is 0.0938. The van der Waals surface area contributed by atoms with E-state index in [0.717, 1.165) is 16.0 Å². The van der Waals surface area contributed by atoms with Crippen molar-refractivity contribution in [2.75, 3.05) is 12.0 Å². The fourth-order valence-electron chi connectivity index (χ4n) is 4.19. The quantitative estimate of drug-likeness (QED) is 0.167. The molecule has 4 aromatic rings. The molecule has 42 heavy (non-hydrogen) atoms. The SMILES string of the molecule is COc1ccc(/C=C2\C(=O)NC(=O)N(c3ccc(OCc4ccccc4Cl)cc3)C2=O)c(OCc2cccc(Cl)c2)c1. The first-order valence-corrected chi connectivity index (χ1v) is 13.5. The highest BCUT2D eigenvalue weighted by molar-refractivity contribution is 6.39. The van der Waals surface area contributed by atoms with Crippen molar-refractivity contribution >= 4 is 52.8 Å². The highest BCUT2D eigenvalue weighted by Crippen LogP contribution is 2.30. The topological polar surface area (TPSA) is 94.2 Å². The molecule has 1 aliphatic rings. The average Bonchev–Trinajstić information content (AvgIpc) is 2.98. The largest absolute Gasteiger partial charge is 0.497 e. The Kier molecular flexibility index (Phi) is 8.76. The Balaban J connectivity index is 1.37. The van der Waals surface area contributed by atoms with E-state index >= 15 is 0 Å². The first kappa shape index (κ1) is 28.7. The van der Waals surface area contributed by atoms with Crippen molar-refractivity contribution in [2.24, 2.45) is 0 Å². The zero-order chi connectivity index (χ0) is 29.6. The van der Waals surface area contributed by atoms with Crippen LogP contribution in [0.3, 0.4) is 0 Å². The summed E-state index contributed by atoms with van der Waals surface area (Å²) in [5.41, 5.74) is 2.09. The molecule has 0 aliphatic carbocycles.